The lowest BCUT2D eigenvalue weighted by atomic mass is 9.92. The molecule has 2 N–H and O–H groups in total. The van der Waals surface area contributed by atoms with Crippen LogP contribution in [0.15, 0.2) is 30.5 Å². The van der Waals surface area contributed by atoms with Gasteiger partial charge in [0, 0.05) is 7.05 Å². The summed E-state index contributed by atoms with van der Waals surface area (Å²) in [4.78, 5) is 0. The van der Waals surface area contributed by atoms with Crippen LogP contribution in [0.4, 0.5) is 5.69 Å². The standard InChI is InChI=1S/C13H17N3O/c1-16-8-12(14)13(15-16)17-11-6-9-4-2-3-5-10(9)7-11/h2-5,8-11H,6-7,14H2,1H3. The SMILES string of the molecule is Cn1cc(N)c(OC2CC3C=CC=CC3C2)n1. The average molecular weight is 231 g/mol. The van der Waals surface area contributed by atoms with Crippen molar-refractivity contribution in [2.24, 2.45) is 18.9 Å². The summed E-state index contributed by atoms with van der Waals surface area (Å²) in [5, 5.41) is 4.22. The molecule has 0 spiro atoms. The molecule has 0 amide bonds. The van der Waals surface area contributed by atoms with Crippen LogP contribution in [0.5, 0.6) is 5.88 Å². The minimum Gasteiger partial charge on any atom is -0.472 e. The van der Waals surface area contributed by atoms with Crippen molar-refractivity contribution < 1.29 is 4.74 Å². The first-order valence-corrected chi connectivity index (χ1v) is 6.03. The Kier molecular flexibility index (Phi) is 2.42. The van der Waals surface area contributed by atoms with Gasteiger partial charge in [-0.2, -0.15) is 0 Å². The number of fused-ring (bicyclic) bond motifs is 1. The van der Waals surface area contributed by atoms with Gasteiger partial charge >= 0.3 is 0 Å². The Morgan fingerprint density at radius 1 is 1.29 bits per heavy atom. The maximum atomic E-state index is 5.89. The minimum atomic E-state index is 0.231. The minimum absolute atomic E-state index is 0.231. The van der Waals surface area contributed by atoms with Crippen molar-refractivity contribution in [3.8, 4) is 5.88 Å². The number of hydrogen-bond acceptors (Lipinski definition) is 3. The molecule has 0 aliphatic heterocycles. The van der Waals surface area contributed by atoms with Gasteiger partial charge < -0.3 is 10.5 Å². The Balaban J connectivity index is 1.69. The smallest absolute Gasteiger partial charge is 0.256 e. The summed E-state index contributed by atoms with van der Waals surface area (Å²) < 4.78 is 7.58. The molecule has 0 aromatic carbocycles. The summed E-state index contributed by atoms with van der Waals surface area (Å²) in [6.07, 6.45) is 12.9. The fraction of sp³-hybridized carbons (Fsp3) is 0.462. The summed E-state index contributed by atoms with van der Waals surface area (Å²) in [5.74, 6) is 1.81. The third-order valence-corrected chi connectivity index (χ3v) is 3.55. The molecule has 1 aromatic rings. The second kappa shape index (κ2) is 3.95. The molecule has 2 aliphatic rings. The zero-order chi connectivity index (χ0) is 11.8. The first-order valence-electron chi connectivity index (χ1n) is 6.03. The molecule has 2 unspecified atom stereocenters. The van der Waals surface area contributed by atoms with E-state index in [2.05, 4.69) is 29.4 Å². The molecule has 0 radical (unpaired) electrons. The van der Waals surface area contributed by atoms with Crippen LogP contribution in [-0.4, -0.2) is 15.9 Å². The van der Waals surface area contributed by atoms with E-state index in [0.717, 1.165) is 12.8 Å². The fourth-order valence-electron chi connectivity index (χ4n) is 2.74. The molecule has 17 heavy (non-hydrogen) atoms. The zero-order valence-electron chi connectivity index (χ0n) is 9.91. The van der Waals surface area contributed by atoms with Crippen LogP contribution in [0.3, 0.4) is 0 Å². The van der Waals surface area contributed by atoms with E-state index >= 15 is 0 Å². The molecule has 1 aromatic heterocycles. The summed E-state index contributed by atoms with van der Waals surface area (Å²) in [7, 11) is 1.85. The van der Waals surface area contributed by atoms with Crippen LogP contribution < -0.4 is 10.5 Å². The molecule has 1 heterocycles. The number of nitrogen functional groups attached to an aromatic ring is 1. The summed E-state index contributed by atoms with van der Waals surface area (Å²) in [6.45, 7) is 0. The van der Waals surface area contributed by atoms with E-state index in [1.807, 2.05) is 7.05 Å². The molecule has 2 atom stereocenters. The van der Waals surface area contributed by atoms with Crippen molar-refractivity contribution in [3.63, 3.8) is 0 Å². The van der Waals surface area contributed by atoms with Crippen molar-refractivity contribution in [1.82, 2.24) is 9.78 Å². The van der Waals surface area contributed by atoms with Crippen molar-refractivity contribution in [2.75, 3.05) is 5.73 Å². The molecule has 1 saturated carbocycles. The second-order valence-electron chi connectivity index (χ2n) is 4.87. The van der Waals surface area contributed by atoms with E-state index in [0.29, 0.717) is 23.4 Å². The topological polar surface area (TPSA) is 53.1 Å². The van der Waals surface area contributed by atoms with Gasteiger partial charge in [-0.1, -0.05) is 24.3 Å². The van der Waals surface area contributed by atoms with E-state index in [1.165, 1.54) is 0 Å². The third-order valence-electron chi connectivity index (χ3n) is 3.55. The van der Waals surface area contributed by atoms with E-state index < -0.39 is 0 Å². The Morgan fingerprint density at radius 2 is 1.94 bits per heavy atom. The second-order valence-corrected chi connectivity index (χ2v) is 4.87. The summed E-state index contributed by atoms with van der Waals surface area (Å²) in [5.41, 5.74) is 6.45. The molecule has 4 heteroatoms. The van der Waals surface area contributed by atoms with E-state index in [4.69, 9.17) is 10.5 Å². The highest BCUT2D eigenvalue weighted by atomic mass is 16.5. The van der Waals surface area contributed by atoms with Gasteiger partial charge in [0.2, 0.25) is 0 Å². The Labute approximate surface area is 101 Å². The molecule has 2 aliphatic carbocycles. The summed E-state index contributed by atoms with van der Waals surface area (Å²) in [6, 6.07) is 0. The highest BCUT2D eigenvalue weighted by Crippen LogP contribution is 2.38. The van der Waals surface area contributed by atoms with Crippen LogP contribution in [0.1, 0.15) is 12.8 Å². The van der Waals surface area contributed by atoms with Crippen LogP contribution in [0, 0.1) is 11.8 Å². The number of hydrogen-bond donors (Lipinski definition) is 1. The van der Waals surface area contributed by atoms with Gasteiger partial charge in [-0.3, -0.25) is 4.68 Å². The van der Waals surface area contributed by atoms with Crippen LogP contribution in [0.25, 0.3) is 0 Å². The van der Waals surface area contributed by atoms with Gasteiger partial charge in [0.25, 0.3) is 5.88 Å². The number of ether oxygens (including phenoxy) is 1. The van der Waals surface area contributed by atoms with E-state index in [1.54, 1.807) is 10.9 Å². The monoisotopic (exact) mass is 231 g/mol. The average Bonchev–Trinajstić information content (AvgIpc) is 2.82. The molecule has 90 valence electrons. The Hall–Kier alpha value is -1.71. The lowest BCUT2D eigenvalue weighted by Crippen LogP contribution is -2.13. The number of nitrogens with zero attached hydrogens (tertiary/aromatic N) is 2. The quantitative estimate of drug-likeness (QED) is 0.845. The highest BCUT2D eigenvalue weighted by Gasteiger charge is 2.33. The number of aryl methyl sites for hydroxylation is 1. The molecule has 4 nitrogen and oxygen atoms in total. The largest absolute Gasteiger partial charge is 0.472 e. The predicted molar refractivity (Wildman–Crippen MR) is 66.5 cm³/mol. The molecular formula is C13H17N3O. The van der Waals surface area contributed by atoms with Crippen LogP contribution >= 0.6 is 0 Å². The fourth-order valence-corrected chi connectivity index (χ4v) is 2.74. The lowest BCUT2D eigenvalue weighted by molar-refractivity contribution is 0.196. The Morgan fingerprint density at radius 3 is 2.47 bits per heavy atom. The maximum Gasteiger partial charge on any atom is 0.256 e. The number of nitrogens with two attached hydrogens (primary N) is 1. The van der Waals surface area contributed by atoms with Gasteiger partial charge in [0.1, 0.15) is 11.8 Å². The first-order chi connectivity index (χ1) is 8.22. The maximum absolute atomic E-state index is 5.89. The van der Waals surface area contributed by atoms with Gasteiger partial charge in [-0.25, -0.2) is 0 Å². The highest BCUT2D eigenvalue weighted by molar-refractivity contribution is 5.45. The Bertz CT molecular complexity index is 455. The van der Waals surface area contributed by atoms with Crippen LogP contribution in [-0.2, 0) is 7.05 Å². The van der Waals surface area contributed by atoms with Gasteiger partial charge in [0.05, 0.1) is 6.20 Å². The van der Waals surface area contributed by atoms with Gasteiger partial charge in [0.15, 0.2) is 0 Å². The number of allylic oxidation sites excluding steroid dienone is 4. The van der Waals surface area contributed by atoms with Gasteiger partial charge in [-0.05, 0) is 24.7 Å². The van der Waals surface area contributed by atoms with Crippen LogP contribution in [0.2, 0.25) is 0 Å². The van der Waals surface area contributed by atoms with Crippen molar-refractivity contribution in [3.05, 3.63) is 30.5 Å². The molecule has 1 fully saturated rings. The lowest BCUT2D eigenvalue weighted by Gasteiger charge is -2.12. The first kappa shape index (κ1) is 10.4. The normalized spacial score (nSPS) is 30.5. The van der Waals surface area contributed by atoms with E-state index in [-0.39, 0.29) is 6.10 Å². The molecular weight excluding hydrogens is 214 g/mol. The molecule has 3 rings (SSSR count). The number of aromatic nitrogens is 2. The predicted octanol–water partition coefficient (Wildman–Crippen LogP) is 1.90. The van der Waals surface area contributed by atoms with Crippen molar-refractivity contribution >= 4 is 5.69 Å². The summed E-state index contributed by atoms with van der Waals surface area (Å²) >= 11 is 0. The van der Waals surface area contributed by atoms with Crippen molar-refractivity contribution in [1.29, 1.82) is 0 Å². The zero-order valence-corrected chi connectivity index (χ0v) is 9.91. The van der Waals surface area contributed by atoms with Gasteiger partial charge in [-0.15, -0.1) is 5.10 Å². The third kappa shape index (κ3) is 1.95. The molecule has 0 saturated heterocycles. The number of anilines is 1. The molecule has 0 bridgehead atoms. The van der Waals surface area contributed by atoms with E-state index in [9.17, 15) is 0 Å². The number of rotatable bonds is 2. The van der Waals surface area contributed by atoms with Crippen molar-refractivity contribution in [2.45, 2.75) is 18.9 Å².